The van der Waals surface area contributed by atoms with E-state index in [0.29, 0.717) is 5.01 Å². The Balaban J connectivity index is 2.16. The number of esters is 1. The van der Waals surface area contributed by atoms with E-state index < -0.39 is 17.7 Å². The minimum Gasteiger partial charge on any atom is -0.461 e. The van der Waals surface area contributed by atoms with Crippen LogP contribution in [0.4, 0.5) is 13.2 Å². The summed E-state index contributed by atoms with van der Waals surface area (Å²) in [6.45, 7) is 1.91. The van der Waals surface area contributed by atoms with Gasteiger partial charge in [-0.25, -0.2) is 9.78 Å². The van der Waals surface area contributed by atoms with Crippen LogP contribution >= 0.6 is 22.9 Å². The van der Waals surface area contributed by atoms with E-state index in [9.17, 15) is 18.0 Å². The van der Waals surface area contributed by atoms with Gasteiger partial charge in [0.15, 0.2) is 5.69 Å². The molecule has 2 rings (SSSR count). The number of alkyl halides is 3. The fourth-order valence-electron chi connectivity index (χ4n) is 1.59. The molecule has 0 saturated carbocycles. The summed E-state index contributed by atoms with van der Waals surface area (Å²) in [4.78, 5) is 19.3. The molecule has 0 spiro atoms. The Morgan fingerprint density at radius 2 is 2.18 bits per heavy atom. The van der Waals surface area contributed by atoms with Crippen molar-refractivity contribution in [3.05, 3.63) is 44.6 Å². The van der Waals surface area contributed by atoms with E-state index in [1.165, 1.54) is 16.7 Å². The van der Waals surface area contributed by atoms with E-state index in [-0.39, 0.29) is 29.4 Å². The molecule has 0 unspecified atom stereocenters. The van der Waals surface area contributed by atoms with Gasteiger partial charge in [-0.15, -0.1) is 11.3 Å². The molecule has 0 N–H and O–H groups in total. The highest BCUT2D eigenvalue weighted by molar-refractivity contribution is 7.09. The number of thiazole rings is 1. The van der Waals surface area contributed by atoms with E-state index in [4.69, 9.17) is 16.3 Å². The molecule has 0 bridgehead atoms. The van der Waals surface area contributed by atoms with Crippen LogP contribution in [0.2, 0.25) is 5.02 Å². The van der Waals surface area contributed by atoms with Crippen molar-refractivity contribution in [1.29, 1.82) is 0 Å². The summed E-state index contributed by atoms with van der Waals surface area (Å²) in [6, 6.07) is 0.823. The fraction of sp³-hybridized carbons (Fsp3) is 0.308. The largest absolute Gasteiger partial charge is 0.461 e. The van der Waals surface area contributed by atoms with E-state index in [1.807, 2.05) is 0 Å². The first-order valence-corrected chi connectivity index (χ1v) is 7.40. The molecule has 2 heterocycles. The van der Waals surface area contributed by atoms with Crippen molar-refractivity contribution in [2.75, 3.05) is 6.61 Å². The Labute approximate surface area is 132 Å². The lowest BCUT2D eigenvalue weighted by Gasteiger charge is -2.08. The van der Waals surface area contributed by atoms with Crippen LogP contribution in [0, 0.1) is 0 Å². The highest BCUT2D eigenvalue weighted by Gasteiger charge is 2.31. The Morgan fingerprint density at radius 3 is 2.77 bits per heavy atom. The van der Waals surface area contributed by atoms with Crippen LogP contribution in [0.1, 0.15) is 33.7 Å². The SMILES string of the molecule is CCOC(=O)c1csc(Cc2ncc(C(F)(F)F)cc2Cl)n1. The van der Waals surface area contributed by atoms with Crippen LogP contribution in [0.3, 0.4) is 0 Å². The number of rotatable bonds is 4. The molecule has 2 aromatic rings. The van der Waals surface area contributed by atoms with Crippen molar-refractivity contribution in [2.24, 2.45) is 0 Å². The van der Waals surface area contributed by atoms with Crippen LogP contribution in [0.15, 0.2) is 17.6 Å². The molecule has 0 radical (unpaired) electrons. The minimum atomic E-state index is -4.49. The summed E-state index contributed by atoms with van der Waals surface area (Å²) >= 11 is 7.01. The number of hydrogen-bond acceptors (Lipinski definition) is 5. The Kier molecular flexibility index (Phi) is 5.02. The van der Waals surface area contributed by atoms with Gasteiger partial charge in [0, 0.05) is 18.0 Å². The summed E-state index contributed by atoms with van der Waals surface area (Å²) in [5.74, 6) is -0.545. The molecule has 0 aliphatic heterocycles. The molecule has 0 atom stereocenters. The van der Waals surface area contributed by atoms with Crippen molar-refractivity contribution in [3.63, 3.8) is 0 Å². The lowest BCUT2D eigenvalue weighted by molar-refractivity contribution is -0.137. The van der Waals surface area contributed by atoms with Gasteiger partial charge in [0.25, 0.3) is 0 Å². The van der Waals surface area contributed by atoms with Gasteiger partial charge in [-0.2, -0.15) is 13.2 Å². The smallest absolute Gasteiger partial charge is 0.417 e. The predicted octanol–water partition coefficient (Wildman–Crippen LogP) is 3.98. The number of halogens is 4. The minimum absolute atomic E-state index is 0.0947. The number of carbonyl (C=O) groups is 1. The van der Waals surface area contributed by atoms with E-state index >= 15 is 0 Å². The number of ether oxygens (including phenoxy) is 1. The zero-order chi connectivity index (χ0) is 16.3. The summed E-state index contributed by atoms with van der Waals surface area (Å²) in [7, 11) is 0. The van der Waals surface area contributed by atoms with Crippen molar-refractivity contribution in [1.82, 2.24) is 9.97 Å². The van der Waals surface area contributed by atoms with Crippen LogP contribution in [-0.2, 0) is 17.3 Å². The van der Waals surface area contributed by atoms with Gasteiger partial charge in [-0.1, -0.05) is 11.6 Å². The number of pyridine rings is 1. The van der Waals surface area contributed by atoms with Gasteiger partial charge < -0.3 is 4.74 Å². The van der Waals surface area contributed by atoms with Gasteiger partial charge >= 0.3 is 12.1 Å². The first-order chi connectivity index (χ1) is 10.3. The fourth-order valence-corrected chi connectivity index (χ4v) is 2.59. The molecule has 0 saturated heterocycles. The Morgan fingerprint density at radius 1 is 1.45 bits per heavy atom. The molecular formula is C13H10ClF3N2O2S. The zero-order valence-corrected chi connectivity index (χ0v) is 12.8. The van der Waals surface area contributed by atoms with Crippen LogP contribution in [0.5, 0.6) is 0 Å². The maximum atomic E-state index is 12.5. The molecule has 0 amide bonds. The van der Waals surface area contributed by atoms with Gasteiger partial charge in [0.2, 0.25) is 0 Å². The summed E-state index contributed by atoms with van der Waals surface area (Å²) < 4.78 is 42.4. The summed E-state index contributed by atoms with van der Waals surface area (Å²) in [5, 5.41) is 1.94. The quantitative estimate of drug-likeness (QED) is 0.783. The molecule has 118 valence electrons. The van der Waals surface area contributed by atoms with Gasteiger partial charge in [-0.05, 0) is 13.0 Å². The second-order valence-electron chi connectivity index (χ2n) is 4.17. The topological polar surface area (TPSA) is 52.1 Å². The third-order valence-corrected chi connectivity index (χ3v) is 3.78. The van der Waals surface area contributed by atoms with E-state index in [2.05, 4.69) is 9.97 Å². The standard InChI is InChI=1S/C13H10ClF3N2O2S/c1-2-21-12(20)10-6-22-11(19-10)4-9-8(14)3-7(5-18-9)13(15,16)17/h3,5-6H,2,4H2,1H3. The van der Waals surface area contributed by atoms with Gasteiger partial charge in [0.05, 0.1) is 27.9 Å². The molecule has 2 aromatic heterocycles. The van der Waals surface area contributed by atoms with Crippen molar-refractivity contribution >= 4 is 28.9 Å². The van der Waals surface area contributed by atoms with Gasteiger partial charge in [-0.3, -0.25) is 4.98 Å². The number of nitrogens with zero attached hydrogens (tertiary/aromatic N) is 2. The normalized spacial score (nSPS) is 11.5. The zero-order valence-electron chi connectivity index (χ0n) is 11.3. The molecule has 9 heteroatoms. The monoisotopic (exact) mass is 350 g/mol. The first-order valence-electron chi connectivity index (χ1n) is 6.14. The maximum absolute atomic E-state index is 12.5. The van der Waals surface area contributed by atoms with Gasteiger partial charge in [0.1, 0.15) is 0 Å². The summed E-state index contributed by atoms with van der Waals surface area (Å²) in [6.07, 6.45) is -3.63. The molecule has 0 aliphatic carbocycles. The van der Waals surface area contributed by atoms with E-state index in [0.717, 1.165) is 12.3 Å². The van der Waals surface area contributed by atoms with Crippen molar-refractivity contribution < 1.29 is 22.7 Å². The lowest BCUT2D eigenvalue weighted by atomic mass is 10.2. The third kappa shape index (κ3) is 3.95. The molecule has 0 aromatic carbocycles. The van der Waals surface area contributed by atoms with Crippen LogP contribution in [0.25, 0.3) is 0 Å². The number of hydrogen-bond donors (Lipinski definition) is 0. The molecular weight excluding hydrogens is 341 g/mol. The van der Waals surface area contributed by atoms with Crippen LogP contribution in [-0.4, -0.2) is 22.5 Å². The van der Waals surface area contributed by atoms with Crippen molar-refractivity contribution in [3.8, 4) is 0 Å². The molecule has 0 fully saturated rings. The van der Waals surface area contributed by atoms with Crippen LogP contribution < -0.4 is 0 Å². The Bertz CT molecular complexity index is 688. The second-order valence-corrected chi connectivity index (χ2v) is 5.52. The average Bonchev–Trinajstić information content (AvgIpc) is 2.89. The highest BCUT2D eigenvalue weighted by atomic mass is 35.5. The maximum Gasteiger partial charge on any atom is 0.417 e. The number of aromatic nitrogens is 2. The molecule has 0 aliphatic rings. The number of carbonyl (C=O) groups excluding carboxylic acids is 1. The molecule has 22 heavy (non-hydrogen) atoms. The first kappa shape index (κ1) is 16.7. The summed E-state index contributed by atoms with van der Waals surface area (Å²) in [5.41, 5.74) is -0.489. The highest BCUT2D eigenvalue weighted by Crippen LogP contribution is 2.31. The third-order valence-electron chi connectivity index (χ3n) is 2.60. The van der Waals surface area contributed by atoms with Crippen molar-refractivity contribution in [2.45, 2.75) is 19.5 Å². The lowest BCUT2D eigenvalue weighted by Crippen LogP contribution is -2.07. The molecule has 4 nitrogen and oxygen atoms in total. The van der Waals surface area contributed by atoms with E-state index in [1.54, 1.807) is 6.92 Å². The second kappa shape index (κ2) is 6.62. The Hall–Kier alpha value is -1.67. The average molecular weight is 351 g/mol. The predicted molar refractivity (Wildman–Crippen MR) is 75.1 cm³/mol.